The van der Waals surface area contributed by atoms with Crippen molar-refractivity contribution in [2.75, 3.05) is 18.6 Å². The van der Waals surface area contributed by atoms with E-state index in [2.05, 4.69) is 10.0 Å². The predicted octanol–water partition coefficient (Wildman–Crippen LogP) is 1.38. The molecule has 0 saturated carbocycles. The molecule has 1 atom stereocenters. The third-order valence-electron chi connectivity index (χ3n) is 2.61. The summed E-state index contributed by atoms with van der Waals surface area (Å²) in [7, 11) is -3.82. The number of hydrogen-bond acceptors (Lipinski definition) is 5. The molecule has 1 rings (SSSR count). The molecule has 120 valence electrons. The lowest BCUT2D eigenvalue weighted by Crippen LogP contribution is -2.48. The molecule has 1 aromatic rings. The van der Waals surface area contributed by atoms with Crippen LogP contribution < -0.4 is 10.0 Å². The quantitative estimate of drug-likeness (QED) is 0.681. The van der Waals surface area contributed by atoms with Gasteiger partial charge >= 0.3 is 0 Å². The maximum Gasteiger partial charge on any atom is 0.241 e. The van der Waals surface area contributed by atoms with Crippen molar-refractivity contribution in [2.24, 2.45) is 0 Å². The average molecular weight is 362 g/mol. The zero-order chi connectivity index (χ0) is 16.6. The highest BCUT2D eigenvalue weighted by Crippen LogP contribution is 2.14. The van der Waals surface area contributed by atoms with Crippen molar-refractivity contribution in [2.45, 2.75) is 17.4 Å². The molecule has 2 N–H and O–H groups in total. The van der Waals surface area contributed by atoms with Crippen LogP contribution in [0.25, 0.3) is 0 Å². The van der Waals surface area contributed by atoms with Crippen molar-refractivity contribution in [1.29, 1.82) is 5.26 Å². The van der Waals surface area contributed by atoms with E-state index in [0.29, 0.717) is 5.02 Å². The minimum atomic E-state index is -3.82. The number of carbonyl (C=O) groups excluding carboxylic acids is 1. The van der Waals surface area contributed by atoms with Crippen molar-refractivity contribution in [1.82, 2.24) is 10.0 Å². The first-order valence-corrected chi connectivity index (χ1v) is 9.57. The molecule has 9 heteroatoms. The second-order valence-electron chi connectivity index (χ2n) is 4.28. The number of carbonyl (C=O) groups is 1. The van der Waals surface area contributed by atoms with Gasteiger partial charge in [-0.25, -0.2) is 8.42 Å². The van der Waals surface area contributed by atoms with E-state index in [0.717, 1.165) is 0 Å². The highest BCUT2D eigenvalue weighted by molar-refractivity contribution is 7.98. The predicted molar refractivity (Wildman–Crippen MR) is 87.2 cm³/mol. The van der Waals surface area contributed by atoms with Gasteiger partial charge in [0.1, 0.15) is 6.04 Å². The van der Waals surface area contributed by atoms with Gasteiger partial charge in [0.2, 0.25) is 15.9 Å². The molecule has 0 spiro atoms. The summed E-state index contributed by atoms with van der Waals surface area (Å²) in [6.07, 6.45) is 1.94. The zero-order valence-electron chi connectivity index (χ0n) is 11.9. The van der Waals surface area contributed by atoms with E-state index in [1.165, 1.54) is 36.0 Å². The fraction of sp³-hybridized carbons (Fsp3) is 0.385. The molecule has 0 aliphatic heterocycles. The van der Waals surface area contributed by atoms with Gasteiger partial charge in [0.15, 0.2) is 0 Å². The van der Waals surface area contributed by atoms with Crippen LogP contribution in [0, 0.1) is 11.3 Å². The standard InChI is InChI=1S/C13H16ClN3O3S2/c1-21-9-12(13(18)16-8-2-7-15)17-22(19,20)11-5-3-10(14)4-6-11/h3-6,12,17H,2,8-9H2,1H3,(H,16,18). The van der Waals surface area contributed by atoms with Crippen molar-refractivity contribution >= 4 is 39.3 Å². The van der Waals surface area contributed by atoms with Crippen LogP contribution in [0.15, 0.2) is 29.2 Å². The molecular formula is C13H16ClN3O3S2. The lowest BCUT2D eigenvalue weighted by Gasteiger charge is -2.17. The Bertz CT molecular complexity index is 641. The molecule has 1 amide bonds. The summed E-state index contributed by atoms with van der Waals surface area (Å²) >= 11 is 7.07. The minimum absolute atomic E-state index is 0.0350. The monoisotopic (exact) mass is 361 g/mol. The summed E-state index contributed by atoms with van der Waals surface area (Å²) in [4.78, 5) is 12.0. The maximum atomic E-state index is 12.3. The summed E-state index contributed by atoms with van der Waals surface area (Å²) in [5.74, 6) is -0.173. The number of rotatable bonds is 8. The van der Waals surface area contributed by atoms with E-state index in [9.17, 15) is 13.2 Å². The molecule has 0 aliphatic carbocycles. The molecule has 0 fully saturated rings. The van der Waals surface area contributed by atoms with E-state index in [1.54, 1.807) is 6.26 Å². The van der Waals surface area contributed by atoms with E-state index in [4.69, 9.17) is 16.9 Å². The number of halogens is 1. The fourth-order valence-electron chi connectivity index (χ4n) is 1.56. The first kappa shape index (κ1) is 18.8. The Morgan fingerprint density at radius 2 is 2.05 bits per heavy atom. The van der Waals surface area contributed by atoms with Gasteiger partial charge < -0.3 is 5.32 Å². The normalized spacial score (nSPS) is 12.4. The van der Waals surface area contributed by atoms with Crippen LogP contribution in [0.4, 0.5) is 0 Å². The molecule has 0 aromatic heterocycles. The van der Waals surface area contributed by atoms with Gasteiger partial charge in [0, 0.05) is 17.3 Å². The molecule has 0 aliphatic rings. The number of hydrogen-bond donors (Lipinski definition) is 2. The van der Waals surface area contributed by atoms with E-state index < -0.39 is 22.0 Å². The first-order chi connectivity index (χ1) is 10.4. The van der Waals surface area contributed by atoms with Gasteiger partial charge in [0.05, 0.1) is 17.4 Å². The maximum absolute atomic E-state index is 12.3. The molecule has 0 heterocycles. The number of nitriles is 1. The highest BCUT2D eigenvalue weighted by Gasteiger charge is 2.25. The summed E-state index contributed by atoms with van der Waals surface area (Å²) in [5.41, 5.74) is 0. The summed E-state index contributed by atoms with van der Waals surface area (Å²) in [5, 5.41) is 11.4. The Morgan fingerprint density at radius 1 is 1.41 bits per heavy atom. The van der Waals surface area contributed by atoms with Crippen molar-refractivity contribution in [3.63, 3.8) is 0 Å². The lowest BCUT2D eigenvalue weighted by molar-refractivity contribution is -0.122. The Labute approximate surface area is 139 Å². The topological polar surface area (TPSA) is 99.1 Å². The van der Waals surface area contributed by atoms with Crippen molar-refractivity contribution < 1.29 is 13.2 Å². The van der Waals surface area contributed by atoms with Gasteiger partial charge in [-0.3, -0.25) is 4.79 Å². The first-order valence-electron chi connectivity index (χ1n) is 6.32. The Morgan fingerprint density at radius 3 is 2.59 bits per heavy atom. The molecule has 22 heavy (non-hydrogen) atoms. The number of nitrogens with one attached hydrogen (secondary N) is 2. The van der Waals surface area contributed by atoms with Crippen LogP contribution >= 0.6 is 23.4 Å². The number of benzene rings is 1. The Balaban J connectivity index is 2.82. The number of thioether (sulfide) groups is 1. The van der Waals surface area contributed by atoms with Crippen LogP contribution in [-0.4, -0.2) is 38.9 Å². The largest absolute Gasteiger partial charge is 0.354 e. The van der Waals surface area contributed by atoms with E-state index >= 15 is 0 Å². The molecule has 0 saturated heterocycles. The average Bonchev–Trinajstić information content (AvgIpc) is 2.47. The number of nitrogens with zero attached hydrogens (tertiary/aromatic N) is 1. The molecule has 0 radical (unpaired) electrons. The molecule has 0 bridgehead atoms. The van der Waals surface area contributed by atoms with Crippen molar-refractivity contribution in [3.8, 4) is 6.07 Å². The van der Waals surface area contributed by atoms with Crippen LogP contribution in [0.1, 0.15) is 6.42 Å². The third-order valence-corrected chi connectivity index (χ3v) is 5.01. The van der Waals surface area contributed by atoms with E-state index in [-0.39, 0.29) is 23.6 Å². The Hall–Kier alpha value is -1.27. The van der Waals surface area contributed by atoms with Crippen LogP contribution in [-0.2, 0) is 14.8 Å². The van der Waals surface area contributed by atoms with Gasteiger partial charge in [-0.15, -0.1) is 0 Å². The van der Waals surface area contributed by atoms with E-state index in [1.807, 2.05) is 6.07 Å². The summed E-state index contributed by atoms with van der Waals surface area (Å²) in [6, 6.07) is 6.66. The van der Waals surface area contributed by atoms with Gasteiger partial charge in [-0.05, 0) is 30.5 Å². The second kappa shape index (κ2) is 9.00. The highest BCUT2D eigenvalue weighted by atomic mass is 35.5. The third kappa shape index (κ3) is 5.85. The fourth-order valence-corrected chi connectivity index (χ4v) is 3.56. The zero-order valence-corrected chi connectivity index (χ0v) is 14.3. The number of amides is 1. The van der Waals surface area contributed by atoms with Crippen molar-refractivity contribution in [3.05, 3.63) is 29.3 Å². The number of sulfonamides is 1. The van der Waals surface area contributed by atoms with Crippen LogP contribution in [0.3, 0.4) is 0 Å². The smallest absolute Gasteiger partial charge is 0.241 e. The van der Waals surface area contributed by atoms with Gasteiger partial charge in [-0.1, -0.05) is 11.6 Å². The van der Waals surface area contributed by atoms with Crippen LogP contribution in [0.2, 0.25) is 5.02 Å². The molecule has 1 unspecified atom stereocenters. The lowest BCUT2D eigenvalue weighted by atomic mass is 10.3. The molecule has 6 nitrogen and oxygen atoms in total. The van der Waals surface area contributed by atoms with Crippen LogP contribution in [0.5, 0.6) is 0 Å². The van der Waals surface area contributed by atoms with Gasteiger partial charge in [0.25, 0.3) is 0 Å². The SMILES string of the molecule is CSCC(NS(=O)(=O)c1ccc(Cl)cc1)C(=O)NCCC#N. The molecular weight excluding hydrogens is 346 g/mol. The van der Waals surface area contributed by atoms with Gasteiger partial charge in [-0.2, -0.15) is 21.7 Å². The summed E-state index contributed by atoms with van der Waals surface area (Å²) in [6.45, 7) is 0.183. The second-order valence-corrected chi connectivity index (χ2v) is 7.34. The Kier molecular flexibility index (Phi) is 7.68. The molecule has 1 aromatic carbocycles. The minimum Gasteiger partial charge on any atom is -0.354 e. The summed E-state index contributed by atoms with van der Waals surface area (Å²) < 4.78 is 26.9.